The van der Waals surface area contributed by atoms with Crippen LogP contribution in [0.3, 0.4) is 0 Å². The minimum absolute atomic E-state index is 0.0166. The van der Waals surface area contributed by atoms with Gasteiger partial charge >= 0.3 is 0 Å². The number of methoxy groups -OCH3 is 1. The number of hydrogen-bond donors (Lipinski definition) is 1. The van der Waals surface area contributed by atoms with Gasteiger partial charge in [-0.15, -0.1) is 0 Å². The second-order valence-electron chi connectivity index (χ2n) is 5.02. The van der Waals surface area contributed by atoms with Crippen molar-refractivity contribution < 1.29 is 13.9 Å². The molecule has 0 unspecified atom stereocenters. The van der Waals surface area contributed by atoms with E-state index in [1.807, 2.05) is 25.1 Å². The standard InChI is InChI=1S/C15H16N2O3/c1-9-6-12(15(19-2)16-8-9)17-14(18)11-7-10(11)13-4-3-5-20-13/h3-6,8,10-11H,7H2,1-2H3,(H,17,18)/t10-,11+/m0/s1. The smallest absolute Gasteiger partial charge is 0.237 e. The highest BCUT2D eigenvalue weighted by Crippen LogP contribution is 2.48. The number of furan rings is 1. The lowest BCUT2D eigenvalue weighted by atomic mass is 10.2. The molecule has 1 aliphatic rings. The second kappa shape index (κ2) is 5.00. The predicted octanol–water partition coefficient (Wildman–Crippen LogP) is 2.73. The molecule has 20 heavy (non-hydrogen) atoms. The third-order valence-electron chi connectivity index (χ3n) is 3.47. The predicted molar refractivity (Wildman–Crippen MR) is 73.7 cm³/mol. The summed E-state index contributed by atoms with van der Waals surface area (Å²) in [5.74, 6) is 1.44. The van der Waals surface area contributed by atoms with E-state index in [-0.39, 0.29) is 17.7 Å². The van der Waals surface area contributed by atoms with Gasteiger partial charge in [0.25, 0.3) is 0 Å². The molecule has 0 saturated heterocycles. The zero-order valence-electron chi connectivity index (χ0n) is 11.4. The van der Waals surface area contributed by atoms with Crippen LogP contribution in [0.15, 0.2) is 35.1 Å². The highest BCUT2D eigenvalue weighted by molar-refractivity contribution is 5.96. The molecule has 104 valence electrons. The number of anilines is 1. The Bertz CT molecular complexity index is 622. The van der Waals surface area contributed by atoms with Gasteiger partial charge in [0.1, 0.15) is 11.4 Å². The fourth-order valence-electron chi connectivity index (χ4n) is 2.34. The van der Waals surface area contributed by atoms with Crippen LogP contribution < -0.4 is 10.1 Å². The molecule has 0 bridgehead atoms. The van der Waals surface area contributed by atoms with Gasteiger partial charge in [-0.3, -0.25) is 4.79 Å². The molecule has 0 radical (unpaired) electrons. The van der Waals surface area contributed by atoms with Crippen LogP contribution in [0.4, 0.5) is 5.69 Å². The maximum absolute atomic E-state index is 12.2. The number of nitrogens with zero attached hydrogens (tertiary/aromatic N) is 1. The quantitative estimate of drug-likeness (QED) is 0.929. The molecular weight excluding hydrogens is 256 g/mol. The molecule has 2 aromatic rings. The van der Waals surface area contributed by atoms with Gasteiger partial charge in [-0.25, -0.2) is 4.98 Å². The van der Waals surface area contributed by atoms with E-state index in [1.54, 1.807) is 12.5 Å². The van der Waals surface area contributed by atoms with Crippen LogP contribution in [-0.2, 0) is 4.79 Å². The Kier molecular flexibility index (Phi) is 3.18. The highest BCUT2D eigenvalue weighted by atomic mass is 16.5. The molecule has 5 nitrogen and oxygen atoms in total. The van der Waals surface area contributed by atoms with E-state index < -0.39 is 0 Å². The number of aromatic nitrogens is 1. The minimum atomic E-state index is -0.0358. The lowest BCUT2D eigenvalue weighted by Crippen LogP contribution is -2.15. The molecule has 0 spiro atoms. The van der Waals surface area contributed by atoms with Crippen molar-refractivity contribution in [3.63, 3.8) is 0 Å². The Labute approximate surface area is 117 Å². The molecule has 1 amide bonds. The maximum atomic E-state index is 12.2. The summed E-state index contributed by atoms with van der Waals surface area (Å²) in [6, 6.07) is 5.61. The molecule has 2 aromatic heterocycles. The third-order valence-corrected chi connectivity index (χ3v) is 3.47. The number of rotatable bonds is 4. The van der Waals surface area contributed by atoms with Crippen molar-refractivity contribution in [2.45, 2.75) is 19.3 Å². The first-order valence-corrected chi connectivity index (χ1v) is 6.54. The molecule has 0 aromatic carbocycles. The number of carbonyl (C=O) groups is 1. The van der Waals surface area contributed by atoms with Crippen molar-refractivity contribution >= 4 is 11.6 Å². The van der Waals surface area contributed by atoms with Crippen LogP contribution in [0, 0.1) is 12.8 Å². The van der Waals surface area contributed by atoms with Crippen LogP contribution in [0.2, 0.25) is 0 Å². The molecule has 1 aliphatic carbocycles. The van der Waals surface area contributed by atoms with E-state index in [0.29, 0.717) is 11.6 Å². The summed E-state index contributed by atoms with van der Waals surface area (Å²) in [5.41, 5.74) is 1.59. The molecule has 1 fully saturated rings. The Morgan fingerprint density at radius 1 is 1.55 bits per heavy atom. The first-order chi connectivity index (χ1) is 9.69. The SMILES string of the molecule is COc1ncc(C)cc1NC(=O)[C@@H]1C[C@@H]1c1ccco1. The van der Waals surface area contributed by atoms with E-state index in [2.05, 4.69) is 10.3 Å². The molecule has 3 rings (SSSR count). The Morgan fingerprint density at radius 2 is 2.40 bits per heavy atom. The van der Waals surface area contributed by atoms with Gasteiger partial charge in [0, 0.05) is 18.0 Å². The Balaban J connectivity index is 1.70. The Hall–Kier alpha value is -2.30. The van der Waals surface area contributed by atoms with Crippen molar-refractivity contribution in [3.8, 4) is 5.88 Å². The highest BCUT2D eigenvalue weighted by Gasteiger charge is 2.46. The maximum Gasteiger partial charge on any atom is 0.237 e. The number of hydrogen-bond acceptors (Lipinski definition) is 4. The normalized spacial score (nSPS) is 20.5. The van der Waals surface area contributed by atoms with Gasteiger partial charge in [-0.05, 0) is 37.1 Å². The first kappa shape index (κ1) is 12.7. The van der Waals surface area contributed by atoms with Gasteiger partial charge in [0.05, 0.1) is 13.4 Å². The molecule has 1 N–H and O–H groups in total. The molecule has 5 heteroatoms. The van der Waals surface area contributed by atoms with Crippen molar-refractivity contribution in [2.24, 2.45) is 5.92 Å². The van der Waals surface area contributed by atoms with E-state index in [4.69, 9.17) is 9.15 Å². The molecular formula is C15H16N2O3. The summed E-state index contributed by atoms with van der Waals surface area (Å²) in [6.45, 7) is 1.92. The molecule has 2 heterocycles. The van der Waals surface area contributed by atoms with Gasteiger partial charge in [-0.1, -0.05) is 0 Å². The minimum Gasteiger partial charge on any atom is -0.480 e. The van der Waals surface area contributed by atoms with Gasteiger partial charge in [-0.2, -0.15) is 0 Å². The number of carbonyl (C=O) groups excluding carboxylic acids is 1. The lowest BCUT2D eigenvalue weighted by Gasteiger charge is -2.09. The van der Waals surface area contributed by atoms with E-state index in [0.717, 1.165) is 17.7 Å². The average molecular weight is 272 g/mol. The van der Waals surface area contributed by atoms with E-state index >= 15 is 0 Å². The van der Waals surface area contributed by atoms with Crippen molar-refractivity contribution in [1.29, 1.82) is 0 Å². The van der Waals surface area contributed by atoms with E-state index in [1.165, 1.54) is 7.11 Å². The number of pyridine rings is 1. The summed E-state index contributed by atoms with van der Waals surface area (Å²) in [7, 11) is 1.54. The first-order valence-electron chi connectivity index (χ1n) is 6.54. The number of aryl methyl sites for hydroxylation is 1. The van der Waals surface area contributed by atoms with Crippen LogP contribution in [0.25, 0.3) is 0 Å². The van der Waals surface area contributed by atoms with Gasteiger partial charge in [0.2, 0.25) is 11.8 Å². The summed E-state index contributed by atoms with van der Waals surface area (Å²) >= 11 is 0. The largest absolute Gasteiger partial charge is 0.480 e. The molecule has 2 atom stereocenters. The van der Waals surface area contributed by atoms with Crippen molar-refractivity contribution in [2.75, 3.05) is 12.4 Å². The van der Waals surface area contributed by atoms with Gasteiger partial charge < -0.3 is 14.5 Å². The summed E-state index contributed by atoms with van der Waals surface area (Å²) in [6.07, 6.45) is 4.16. The van der Waals surface area contributed by atoms with Crippen molar-refractivity contribution in [3.05, 3.63) is 42.0 Å². The summed E-state index contributed by atoms with van der Waals surface area (Å²) in [4.78, 5) is 16.4. The number of nitrogens with one attached hydrogen (secondary N) is 1. The lowest BCUT2D eigenvalue weighted by molar-refractivity contribution is -0.117. The Morgan fingerprint density at radius 3 is 3.10 bits per heavy atom. The zero-order valence-corrected chi connectivity index (χ0v) is 11.4. The second-order valence-corrected chi connectivity index (χ2v) is 5.02. The number of amides is 1. The topological polar surface area (TPSA) is 64.4 Å². The fraction of sp³-hybridized carbons (Fsp3) is 0.333. The van der Waals surface area contributed by atoms with Gasteiger partial charge in [0.15, 0.2) is 0 Å². The van der Waals surface area contributed by atoms with Crippen LogP contribution >= 0.6 is 0 Å². The van der Waals surface area contributed by atoms with Crippen LogP contribution in [0.5, 0.6) is 5.88 Å². The van der Waals surface area contributed by atoms with Crippen LogP contribution in [-0.4, -0.2) is 18.0 Å². The van der Waals surface area contributed by atoms with E-state index in [9.17, 15) is 4.79 Å². The third kappa shape index (κ3) is 2.39. The van der Waals surface area contributed by atoms with Crippen molar-refractivity contribution in [1.82, 2.24) is 4.98 Å². The zero-order chi connectivity index (χ0) is 14.1. The summed E-state index contributed by atoms with van der Waals surface area (Å²) in [5, 5.41) is 2.89. The number of ether oxygens (including phenoxy) is 1. The monoisotopic (exact) mass is 272 g/mol. The van der Waals surface area contributed by atoms with Crippen LogP contribution in [0.1, 0.15) is 23.7 Å². The molecule has 0 aliphatic heterocycles. The summed E-state index contributed by atoms with van der Waals surface area (Å²) < 4.78 is 10.5. The fourth-order valence-corrected chi connectivity index (χ4v) is 2.34. The average Bonchev–Trinajstić information content (AvgIpc) is 3.05. The molecule has 1 saturated carbocycles.